The van der Waals surface area contributed by atoms with Gasteiger partial charge in [0.15, 0.2) is 5.69 Å². The summed E-state index contributed by atoms with van der Waals surface area (Å²) in [4.78, 5) is -0.0428. The molecule has 0 spiro atoms. The van der Waals surface area contributed by atoms with E-state index < -0.39 is 15.8 Å². The van der Waals surface area contributed by atoms with E-state index in [1.807, 2.05) is 30.3 Å². The van der Waals surface area contributed by atoms with Crippen molar-refractivity contribution in [3.05, 3.63) is 84.2 Å². The molecule has 0 bridgehead atoms. The minimum Gasteiger partial charge on any atom is -0.493 e. The van der Waals surface area contributed by atoms with Gasteiger partial charge in [-0.25, -0.2) is 17.9 Å². The van der Waals surface area contributed by atoms with Gasteiger partial charge in [0.25, 0.3) is 0 Å². The van der Waals surface area contributed by atoms with Gasteiger partial charge in [-0.1, -0.05) is 42.5 Å². The SMILES string of the molecule is NS(=O)(=O)c1ccc(NC(=S)N=Nc2c(O)n(Cc3ccccc3)c3c(F)cccc23)cc1. The van der Waals surface area contributed by atoms with Crippen LogP contribution in [0.4, 0.5) is 15.8 Å². The van der Waals surface area contributed by atoms with Crippen molar-refractivity contribution in [3.63, 3.8) is 0 Å². The minimum absolute atomic E-state index is 0.0428. The molecule has 0 unspecified atom stereocenters. The van der Waals surface area contributed by atoms with Crippen molar-refractivity contribution >= 4 is 49.6 Å². The number of fused-ring (bicyclic) bond motifs is 1. The van der Waals surface area contributed by atoms with E-state index in [-0.39, 0.29) is 33.6 Å². The lowest BCUT2D eigenvalue weighted by atomic mass is 10.2. The summed E-state index contributed by atoms with van der Waals surface area (Å²) in [5.74, 6) is -0.751. The highest BCUT2D eigenvalue weighted by Gasteiger charge is 2.20. The van der Waals surface area contributed by atoms with Gasteiger partial charge in [-0.05, 0) is 48.1 Å². The largest absolute Gasteiger partial charge is 0.493 e. The number of halogens is 1. The second-order valence-electron chi connectivity index (χ2n) is 7.08. The molecule has 0 aliphatic heterocycles. The van der Waals surface area contributed by atoms with Crippen LogP contribution in [0.1, 0.15) is 5.56 Å². The van der Waals surface area contributed by atoms with Gasteiger partial charge in [0.05, 0.1) is 17.0 Å². The molecule has 0 atom stereocenters. The Morgan fingerprint density at radius 3 is 2.42 bits per heavy atom. The van der Waals surface area contributed by atoms with Crippen molar-refractivity contribution in [3.8, 4) is 5.88 Å². The van der Waals surface area contributed by atoms with Crippen molar-refractivity contribution < 1.29 is 17.9 Å². The van der Waals surface area contributed by atoms with Gasteiger partial charge in [0.1, 0.15) is 5.82 Å². The highest BCUT2D eigenvalue weighted by molar-refractivity contribution is 7.89. The van der Waals surface area contributed by atoms with Crippen LogP contribution in [0.3, 0.4) is 0 Å². The van der Waals surface area contributed by atoms with Crippen LogP contribution in [-0.4, -0.2) is 23.2 Å². The monoisotopic (exact) mass is 483 g/mol. The molecule has 0 saturated carbocycles. The molecule has 4 aromatic rings. The first kappa shape index (κ1) is 22.5. The van der Waals surface area contributed by atoms with E-state index in [4.69, 9.17) is 17.4 Å². The summed E-state index contributed by atoms with van der Waals surface area (Å²) in [5.41, 5.74) is 1.61. The Labute approximate surface area is 194 Å². The normalized spacial score (nSPS) is 11.8. The van der Waals surface area contributed by atoms with Gasteiger partial charge in [-0.2, -0.15) is 0 Å². The zero-order valence-electron chi connectivity index (χ0n) is 17.0. The Kier molecular flexibility index (Phi) is 6.18. The lowest BCUT2D eigenvalue weighted by Crippen LogP contribution is -2.12. The number of nitrogens with two attached hydrogens (primary N) is 1. The third-order valence-corrected chi connectivity index (χ3v) is 5.95. The Hall–Kier alpha value is -3.67. The lowest BCUT2D eigenvalue weighted by molar-refractivity contribution is 0.428. The second kappa shape index (κ2) is 9.06. The Bertz CT molecular complexity index is 1470. The predicted octanol–water partition coefficient (Wildman–Crippen LogP) is 4.66. The molecule has 0 amide bonds. The number of nitrogens with one attached hydrogen (secondary N) is 1. The average Bonchev–Trinajstić information content (AvgIpc) is 3.05. The fourth-order valence-corrected chi connectivity index (χ4v) is 4.00. The number of aromatic hydroxyl groups is 1. The predicted molar refractivity (Wildman–Crippen MR) is 128 cm³/mol. The molecule has 3 aromatic carbocycles. The first-order valence-electron chi connectivity index (χ1n) is 9.63. The third kappa shape index (κ3) is 4.90. The maximum Gasteiger partial charge on any atom is 0.238 e. The standard InChI is InChI=1S/C22H18FN5O3S2/c23-18-8-4-7-17-19(21(29)28(20(17)18)13-14-5-2-1-3-6-14)26-27-22(32)25-15-9-11-16(12-10-15)33(24,30)31/h1-12,29H,13H2,(H,25,32)(H2,24,30,31). The summed E-state index contributed by atoms with van der Waals surface area (Å²) in [7, 11) is -3.81. The summed E-state index contributed by atoms with van der Waals surface area (Å²) >= 11 is 5.17. The zero-order chi connectivity index (χ0) is 23.6. The van der Waals surface area contributed by atoms with Gasteiger partial charge < -0.3 is 15.0 Å². The van der Waals surface area contributed by atoms with E-state index >= 15 is 0 Å². The van der Waals surface area contributed by atoms with Crippen molar-refractivity contribution in [1.82, 2.24) is 4.57 Å². The van der Waals surface area contributed by atoms with Crippen LogP contribution >= 0.6 is 12.2 Å². The van der Waals surface area contributed by atoms with E-state index in [1.54, 1.807) is 6.07 Å². The molecule has 11 heteroatoms. The van der Waals surface area contributed by atoms with Gasteiger partial charge >= 0.3 is 0 Å². The lowest BCUT2D eigenvalue weighted by Gasteiger charge is -2.07. The molecule has 1 heterocycles. The van der Waals surface area contributed by atoms with E-state index in [0.29, 0.717) is 11.1 Å². The number of hydrogen-bond acceptors (Lipinski definition) is 5. The molecule has 0 radical (unpaired) electrons. The quantitative estimate of drug-likeness (QED) is 0.281. The number of rotatable bonds is 5. The summed E-state index contributed by atoms with van der Waals surface area (Å²) in [6.45, 7) is 0.235. The summed E-state index contributed by atoms with van der Waals surface area (Å²) < 4.78 is 38.8. The summed E-state index contributed by atoms with van der Waals surface area (Å²) in [6.07, 6.45) is 0. The first-order valence-corrected chi connectivity index (χ1v) is 11.6. The number of thiocarbonyl (C=S) groups is 1. The van der Waals surface area contributed by atoms with Gasteiger partial charge in [-0.3, -0.25) is 0 Å². The van der Waals surface area contributed by atoms with Crippen LogP contribution in [0.25, 0.3) is 10.9 Å². The van der Waals surface area contributed by atoms with Crippen LogP contribution in [0, 0.1) is 5.82 Å². The van der Waals surface area contributed by atoms with E-state index in [1.165, 1.54) is 41.0 Å². The van der Waals surface area contributed by atoms with E-state index in [0.717, 1.165) is 5.56 Å². The highest BCUT2D eigenvalue weighted by Crippen LogP contribution is 2.40. The van der Waals surface area contributed by atoms with Crippen molar-refractivity contribution in [2.45, 2.75) is 11.4 Å². The maximum atomic E-state index is 14.7. The number of nitrogens with zero attached hydrogens (tertiary/aromatic N) is 3. The average molecular weight is 484 g/mol. The fraction of sp³-hybridized carbons (Fsp3) is 0.0455. The number of hydrogen-bond donors (Lipinski definition) is 3. The highest BCUT2D eigenvalue weighted by atomic mass is 32.2. The molecule has 0 aliphatic carbocycles. The molecule has 4 N–H and O–H groups in total. The van der Waals surface area contributed by atoms with Gasteiger partial charge in [0, 0.05) is 11.1 Å². The molecule has 0 aliphatic rings. The van der Waals surface area contributed by atoms with E-state index in [2.05, 4.69) is 15.5 Å². The molecule has 0 fully saturated rings. The molecule has 1 aromatic heterocycles. The number of sulfonamides is 1. The third-order valence-electron chi connectivity index (χ3n) is 4.84. The van der Waals surface area contributed by atoms with Crippen LogP contribution in [0.2, 0.25) is 0 Å². The molecule has 0 saturated heterocycles. The first-order chi connectivity index (χ1) is 15.7. The molecular formula is C22H18FN5O3S2. The van der Waals surface area contributed by atoms with Crippen LogP contribution < -0.4 is 10.5 Å². The number of azo groups is 1. The number of aromatic nitrogens is 1. The summed E-state index contributed by atoms with van der Waals surface area (Å²) in [5, 5.41) is 27.0. The molecule has 33 heavy (non-hydrogen) atoms. The number of anilines is 1. The van der Waals surface area contributed by atoms with Crippen molar-refractivity contribution in [2.75, 3.05) is 5.32 Å². The Morgan fingerprint density at radius 2 is 1.76 bits per heavy atom. The molecule has 168 valence electrons. The minimum atomic E-state index is -3.81. The van der Waals surface area contributed by atoms with Gasteiger partial charge in [0.2, 0.25) is 21.0 Å². The Balaban J connectivity index is 1.62. The maximum absolute atomic E-state index is 14.7. The second-order valence-corrected chi connectivity index (χ2v) is 9.03. The number of benzene rings is 3. The number of primary sulfonamides is 1. The summed E-state index contributed by atoms with van der Waals surface area (Å²) in [6, 6.07) is 19.4. The molecular weight excluding hydrogens is 465 g/mol. The van der Waals surface area contributed by atoms with Crippen molar-refractivity contribution in [1.29, 1.82) is 0 Å². The van der Waals surface area contributed by atoms with E-state index in [9.17, 15) is 17.9 Å². The number of para-hydroxylation sites is 1. The molecule has 4 rings (SSSR count). The zero-order valence-corrected chi connectivity index (χ0v) is 18.6. The Morgan fingerprint density at radius 1 is 1.06 bits per heavy atom. The van der Waals surface area contributed by atoms with Gasteiger partial charge in [-0.15, -0.1) is 10.2 Å². The topological polar surface area (TPSA) is 122 Å². The van der Waals surface area contributed by atoms with Crippen molar-refractivity contribution in [2.24, 2.45) is 15.4 Å². The van der Waals surface area contributed by atoms with Crippen LogP contribution in [0.5, 0.6) is 5.88 Å². The fourth-order valence-electron chi connectivity index (χ4n) is 3.33. The van der Waals surface area contributed by atoms with Crippen LogP contribution in [-0.2, 0) is 16.6 Å². The van der Waals surface area contributed by atoms with Crippen LogP contribution in [0.15, 0.2) is 87.9 Å². The smallest absolute Gasteiger partial charge is 0.238 e. The molecule has 8 nitrogen and oxygen atoms in total.